The van der Waals surface area contributed by atoms with Crippen molar-refractivity contribution in [3.63, 3.8) is 0 Å². The van der Waals surface area contributed by atoms with Crippen molar-refractivity contribution in [2.24, 2.45) is 0 Å². The van der Waals surface area contributed by atoms with Gasteiger partial charge in [-0.1, -0.05) is 28.1 Å². The van der Waals surface area contributed by atoms with Crippen LogP contribution in [0.5, 0.6) is 0 Å². The van der Waals surface area contributed by atoms with E-state index in [9.17, 15) is 4.79 Å². The Morgan fingerprint density at radius 2 is 1.92 bits per heavy atom. The Balaban J connectivity index is 2.68. The molecule has 0 saturated carbocycles. The van der Waals surface area contributed by atoms with Gasteiger partial charge < -0.3 is 4.90 Å². The van der Waals surface area contributed by atoms with Gasteiger partial charge >= 0.3 is 0 Å². The first-order chi connectivity index (χ1) is 11.5. The molecule has 1 aromatic carbocycles. The summed E-state index contributed by atoms with van der Waals surface area (Å²) in [5.74, 6) is 0. The fraction of sp³-hybridized carbons (Fsp3) is 0.235. The first kappa shape index (κ1) is 18.2. The molecule has 122 valence electrons. The van der Waals surface area contributed by atoms with E-state index in [1.807, 2.05) is 55.4 Å². The zero-order chi connectivity index (χ0) is 17.7. The summed E-state index contributed by atoms with van der Waals surface area (Å²) >= 11 is 4.55. The van der Waals surface area contributed by atoms with Gasteiger partial charge in [0.05, 0.1) is 4.53 Å². The molecule has 0 unspecified atom stereocenters. The van der Waals surface area contributed by atoms with E-state index in [1.165, 1.54) is 15.9 Å². The minimum atomic E-state index is -0.178. The molecule has 0 saturated heterocycles. The molecule has 0 N–H and O–H groups in total. The van der Waals surface area contributed by atoms with Crippen molar-refractivity contribution in [2.45, 2.75) is 6.54 Å². The Kier molecular flexibility index (Phi) is 6.10. The second-order valence-corrected chi connectivity index (χ2v) is 7.27. The highest BCUT2D eigenvalue weighted by Gasteiger charge is 2.09. The van der Waals surface area contributed by atoms with Crippen LogP contribution in [0.3, 0.4) is 0 Å². The smallest absolute Gasteiger partial charge is 0.269 e. The molecule has 0 aliphatic heterocycles. The molecular formula is C17H15BrN4OS. The summed E-state index contributed by atoms with van der Waals surface area (Å²) in [5.41, 5.74) is 0.674. The Bertz CT molecular complexity index is 972. The monoisotopic (exact) mass is 402 g/mol. The predicted molar refractivity (Wildman–Crippen MR) is 98.7 cm³/mol. The number of aromatic nitrogens is 1. The minimum absolute atomic E-state index is 0.0358. The molecule has 0 aliphatic carbocycles. The van der Waals surface area contributed by atoms with E-state index < -0.39 is 0 Å². The van der Waals surface area contributed by atoms with Crippen LogP contribution in [-0.4, -0.2) is 30.1 Å². The molecule has 1 aromatic heterocycles. The molecule has 0 bridgehead atoms. The molecule has 0 radical (unpaired) electrons. The number of benzene rings is 1. The molecule has 0 fully saturated rings. The number of hydrogen-bond donors (Lipinski definition) is 0. The van der Waals surface area contributed by atoms with Crippen LogP contribution in [0.15, 0.2) is 33.5 Å². The van der Waals surface area contributed by atoms with E-state index in [4.69, 9.17) is 10.5 Å². The minimum Gasteiger partial charge on any atom is -0.308 e. The number of rotatable bonds is 4. The molecule has 0 spiro atoms. The molecule has 24 heavy (non-hydrogen) atoms. The lowest BCUT2D eigenvalue weighted by Crippen LogP contribution is -2.35. The largest absolute Gasteiger partial charge is 0.308 e. The molecule has 2 aromatic rings. The number of hydrogen-bond acceptors (Lipinski definition) is 5. The summed E-state index contributed by atoms with van der Waals surface area (Å²) in [6.45, 7) is 1.07. The van der Waals surface area contributed by atoms with E-state index >= 15 is 0 Å². The average Bonchev–Trinajstić information content (AvgIpc) is 2.85. The van der Waals surface area contributed by atoms with Crippen LogP contribution in [0.25, 0.3) is 11.6 Å². The summed E-state index contributed by atoms with van der Waals surface area (Å²) in [6.07, 6.45) is 1.78. The molecule has 0 amide bonds. The van der Waals surface area contributed by atoms with Crippen molar-refractivity contribution in [2.75, 3.05) is 20.6 Å². The standard InChI is InChI=1S/C17H15BrN4OS/c1-21(2)7-8-22-16(23)15(24-17(22)13(10-19)11-20)9-12-3-5-14(18)6-4-12/h3-6,9H,7-8H2,1-2H3/b15-9+. The summed E-state index contributed by atoms with van der Waals surface area (Å²) in [6, 6.07) is 11.3. The lowest BCUT2D eigenvalue weighted by atomic mass is 10.2. The lowest BCUT2D eigenvalue weighted by molar-refractivity contribution is 0.380. The quantitative estimate of drug-likeness (QED) is 0.771. The van der Waals surface area contributed by atoms with E-state index in [2.05, 4.69) is 15.9 Å². The van der Waals surface area contributed by atoms with Gasteiger partial charge in [0.15, 0.2) is 5.57 Å². The molecule has 5 nitrogen and oxygen atoms in total. The molecule has 1 heterocycles. The van der Waals surface area contributed by atoms with E-state index in [-0.39, 0.29) is 11.1 Å². The number of nitriles is 2. The molecule has 2 rings (SSSR count). The van der Waals surface area contributed by atoms with Crippen LogP contribution < -0.4 is 14.8 Å². The summed E-state index contributed by atoms with van der Waals surface area (Å²) in [4.78, 5) is 14.6. The van der Waals surface area contributed by atoms with Crippen LogP contribution in [0.2, 0.25) is 0 Å². The summed E-state index contributed by atoms with van der Waals surface area (Å²) in [7, 11) is 3.82. The van der Waals surface area contributed by atoms with Gasteiger partial charge in [0.1, 0.15) is 16.8 Å². The highest BCUT2D eigenvalue weighted by molar-refractivity contribution is 9.10. The first-order valence-corrected chi connectivity index (χ1v) is 8.73. The van der Waals surface area contributed by atoms with Gasteiger partial charge in [0.2, 0.25) is 0 Å². The van der Waals surface area contributed by atoms with E-state index in [0.717, 1.165) is 10.0 Å². The first-order valence-electron chi connectivity index (χ1n) is 7.12. The van der Waals surface area contributed by atoms with Crippen molar-refractivity contribution in [1.82, 2.24) is 9.47 Å². The number of halogens is 1. The fourth-order valence-electron chi connectivity index (χ4n) is 2.04. The maximum absolute atomic E-state index is 12.7. The van der Waals surface area contributed by atoms with Crippen molar-refractivity contribution in [1.29, 1.82) is 10.5 Å². The zero-order valence-corrected chi connectivity index (χ0v) is 15.7. The second-order valence-electron chi connectivity index (χ2n) is 5.33. The van der Waals surface area contributed by atoms with Gasteiger partial charge in [-0.05, 0) is 37.9 Å². The average molecular weight is 403 g/mol. The van der Waals surface area contributed by atoms with Crippen molar-refractivity contribution >= 4 is 38.9 Å². The Hall–Kier alpha value is -2.19. The van der Waals surface area contributed by atoms with Crippen LogP contribution in [0.4, 0.5) is 0 Å². The SMILES string of the molecule is CN(C)CCn1c(=C(C#N)C#N)s/c(=C/c2ccc(Br)cc2)c1=O. The molecular weight excluding hydrogens is 388 g/mol. The second kappa shape index (κ2) is 8.07. The molecule has 0 aliphatic rings. The Morgan fingerprint density at radius 3 is 2.46 bits per heavy atom. The predicted octanol–water partition coefficient (Wildman–Crippen LogP) is 1.26. The van der Waals surface area contributed by atoms with Crippen LogP contribution in [0.1, 0.15) is 5.56 Å². The van der Waals surface area contributed by atoms with Crippen LogP contribution >= 0.6 is 27.3 Å². The van der Waals surface area contributed by atoms with Gasteiger partial charge in [-0.25, -0.2) is 0 Å². The number of nitrogens with zero attached hydrogens (tertiary/aromatic N) is 4. The van der Waals surface area contributed by atoms with Crippen molar-refractivity contribution < 1.29 is 0 Å². The van der Waals surface area contributed by atoms with E-state index in [1.54, 1.807) is 6.08 Å². The van der Waals surface area contributed by atoms with Gasteiger partial charge in [-0.3, -0.25) is 9.36 Å². The highest BCUT2D eigenvalue weighted by atomic mass is 79.9. The number of thiazole rings is 1. The van der Waals surface area contributed by atoms with E-state index in [0.29, 0.717) is 22.3 Å². The van der Waals surface area contributed by atoms with Gasteiger partial charge in [-0.2, -0.15) is 10.5 Å². The van der Waals surface area contributed by atoms with Gasteiger partial charge in [0, 0.05) is 17.6 Å². The third kappa shape index (κ3) is 4.21. The summed E-state index contributed by atoms with van der Waals surface area (Å²) in [5, 5.41) is 18.3. The van der Waals surface area contributed by atoms with Crippen molar-refractivity contribution in [3.8, 4) is 12.1 Å². The van der Waals surface area contributed by atoms with Crippen LogP contribution in [-0.2, 0) is 6.54 Å². The normalized spacial score (nSPS) is 11.3. The maximum atomic E-state index is 12.7. The number of likely N-dealkylation sites (N-methyl/N-ethyl adjacent to an activating group) is 1. The van der Waals surface area contributed by atoms with Gasteiger partial charge in [0.25, 0.3) is 5.56 Å². The topological polar surface area (TPSA) is 72.8 Å². The Labute approximate surface area is 152 Å². The van der Waals surface area contributed by atoms with Gasteiger partial charge in [-0.15, -0.1) is 11.3 Å². The molecule has 0 atom stereocenters. The third-order valence-corrected chi connectivity index (χ3v) is 4.94. The summed E-state index contributed by atoms with van der Waals surface area (Å²) < 4.78 is 3.39. The third-order valence-electron chi connectivity index (χ3n) is 3.28. The molecule has 7 heteroatoms. The zero-order valence-electron chi connectivity index (χ0n) is 13.3. The Morgan fingerprint density at radius 1 is 1.29 bits per heavy atom. The highest BCUT2D eigenvalue weighted by Crippen LogP contribution is 2.10. The maximum Gasteiger partial charge on any atom is 0.269 e. The van der Waals surface area contributed by atoms with Crippen molar-refractivity contribution in [3.05, 3.63) is 53.9 Å². The lowest BCUT2D eigenvalue weighted by Gasteiger charge is -2.09. The van der Waals surface area contributed by atoms with Crippen LogP contribution in [0, 0.1) is 22.7 Å². The fourth-order valence-corrected chi connectivity index (χ4v) is 3.38.